The summed E-state index contributed by atoms with van der Waals surface area (Å²) < 4.78 is 27.4. The zero-order chi connectivity index (χ0) is 11.6. The van der Waals surface area contributed by atoms with Gasteiger partial charge in [0.15, 0.2) is 0 Å². The van der Waals surface area contributed by atoms with Crippen molar-refractivity contribution in [1.82, 2.24) is 8.61 Å². The maximum absolute atomic E-state index is 12.1. The maximum Gasteiger partial charge on any atom is 0.281 e. The highest BCUT2D eigenvalue weighted by molar-refractivity contribution is 7.86. The van der Waals surface area contributed by atoms with Gasteiger partial charge in [0, 0.05) is 32.1 Å². The largest absolute Gasteiger partial charge is 0.303 e. The number of hydrogen-bond acceptors (Lipinski definition) is 3. The Labute approximate surface area is 96.6 Å². The first-order valence-electron chi connectivity index (χ1n) is 5.85. The Bertz CT molecular complexity index is 341. The van der Waals surface area contributed by atoms with Crippen LogP contribution in [0.5, 0.6) is 0 Å². The van der Waals surface area contributed by atoms with Gasteiger partial charge in [0.2, 0.25) is 0 Å². The van der Waals surface area contributed by atoms with Gasteiger partial charge in [-0.25, -0.2) is 0 Å². The molecule has 0 aromatic carbocycles. The van der Waals surface area contributed by atoms with Crippen LogP contribution in [0.25, 0.3) is 0 Å². The highest BCUT2D eigenvalue weighted by Gasteiger charge is 2.33. The Morgan fingerprint density at radius 2 is 1.44 bits per heavy atom. The van der Waals surface area contributed by atoms with Crippen LogP contribution in [0, 0.1) is 5.92 Å². The minimum Gasteiger partial charge on any atom is -0.303 e. The van der Waals surface area contributed by atoms with E-state index >= 15 is 0 Å². The van der Waals surface area contributed by atoms with E-state index in [4.69, 9.17) is 0 Å². The van der Waals surface area contributed by atoms with Gasteiger partial charge < -0.3 is 4.79 Å². The van der Waals surface area contributed by atoms with Crippen molar-refractivity contribution in [3.63, 3.8) is 0 Å². The van der Waals surface area contributed by atoms with Gasteiger partial charge in [-0.1, -0.05) is 0 Å². The number of carbonyl (C=O) groups excluding carboxylic acids is 1. The zero-order valence-electron chi connectivity index (χ0n) is 9.34. The van der Waals surface area contributed by atoms with Gasteiger partial charge >= 0.3 is 0 Å². The van der Waals surface area contributed by atoms with Crippen LogP contribution < -0.4 is 0 Å². The third-order valence-corrected chi connectivity index (χ3v) is 5.44. The normalized spacial score (nSPS) is 26.0. The van der Waals surface area contributed by atoms with Crippen LogP contribution in [-0.4, -0.2) is 49.5 Å². The van der Waals surface area contributed by atoms with Gasteiger partial charge in [0.25, 0.3) is 10.2 Å². The lowest BCUT2D eigenvalue weighted by molar-refractivity contribution is -0.112. The van der Waals surface area contributed by atoms with E-state index in [-0.39, 0.29) is 5.92 Å². The molecule has 2 saturated heterocycles. The summed E-state index contributed by atoms with van der Waals surface area (Å²) in [4.78, 5) is 10.6. The predicted molar refractivity (Wildman–Crippen MR) is 60.1 cm³/mol. The van der Waals surface area contributed by atoms with Gasteiger partial charge in [-0.05, 0) is 25.7 Å². The first-order chi connectivity index (χ1) is 7.64. The summed E-state index contributed by atoms with van der Waals surface area (Å²) in [6.45, 7) is 2.27. The lowest BCUT2D eigenvalue weighted by atomic mass is 10.0. The number of carbonyl (C=O) groups is 1. The summed E-state index contributed by atoms with van der Waals surface area (Å²) in [5.41, 5.74) is 0. The molecule has 2 fully saturated rings. The van der Waals surface area contributed by atoms with Gasteiger partial charge in [0.1, 0.15) is 6.29 Å². The molecule has 2 aliphatic heterocycles. The van der Waals surface area contributed by atoms with Crippen LogP contribution in [-0.2, 0) is 15.0 Å². The molecule has 2 heterocycles. The molecule has 0 aliphatic carbocycles. The van der Waals surface area contributed by atoms with Crippen molar-refractivity contribution < 1.29 is 13.2 Å². The molecule has 0 atom stereocenters. The maximum atomic E-state index is 12.1. The molecule has 0 bridgehead atoms. The van der Waals surface area contributed by atoms with Crippen LogP contribution in [0.3, 0.4) is 0 Å². The van der Waals surface area contributed by atoms with Crippen LogP contribution in [0.1, 0.15) is 25.7 Å². The summed E-state index contributed by atoms with van der Waals surface area (Å²) in [6.07, 6.45) is 4.20. The minimum atomic E-state index is -3.24. The van der Waals surface area contributed by atoms with E-state index in [9.17, 15) is 13.2 Å². The molecule has 0 amide bonds. The molecular weight excluding hydrogens is 228 g/mol. The van der Waals surface area contributed by atoms with Gasteiger partial charge in [0.05, 0.1) is 0 Å². The van der Waals surface area contributed by atoms with E-state index in [1.807, 2.05) is 0 Å². The van der Waals surface area contributed by atoms with Gasteiger partial charge in [-0.3, -0.25) is 0 Å². The van der Waals surface area contributed by atoms with Crippen LogP contribution in [0.4, 0.5) is 0 Å². The van der Waals surface area contributed by atoms with E-state index in [1.54, 1.807) is 4.31 Å². The molecule has 6 heteroatoms. The monoisotopic (exact) mass is 246 g/mol. The second-order valence-electron chi connectivity index (χ2n) is 4.49. The Hall–Kier alpha value is -0.460. The van der Waals surface area contributed by atoms with E-state index in [0.717, 1.165) is 19.1 Å². The quantitative estimate of drug-likeness (QED) is 0.670. The van der Waals surface area contributed by atoms with Crippen LogP contribution >= 0.6 is 0 Å². The van der Waals surface area contributed by atoms with Crippen molar-refractivity contribution in [1.29, 1.82) is 0 Å². The predicted octanol–water partition coefficient (Wildman–Crippen LogP) is 0.238. The van der Waals surface area contributed by atoms with E-state index in [2.05, 4.69) is 0 Å². The summed E-state index contributed by atoms with van der Waals surface area (Å²) >= 11 is 0. The highest BCUT2D eigenvalue weighted by Crippen LogP contribution is 2.22. The molecule has 2 aliphatic rings. The molecule has 2 rings (SSSR count). The van der Waals surface area contributed by atoms with Crippen molar-refractivity contribution in [2.24, 2.45) is 5.92 Å². The Morgan fingerprint density at radius 1 is 0.938 bits per heavy atom. The van der Waals surface area contributed by atoms with E-state index < -0.39 is 10.2 Å². The second kappa shape index (κ2) is 4.81. The lowest BCUT2D eigenvalue weighted by Crippen LogP contribution is -2.46. The second-order valence-corrected chi connectivity index (χ2v) is 6.41. The summed E-state index contributed by atoms with van der Waals surface area (Å²) in [5, 5.41) is 0. The Balaban J connectivity index is 1.99. The van der Waals surface area contributed by atoms with Crippen LogP contribution in [0.15, 0.2) is 0 Å². The first-order valence-corrected chi connectivity index (χ1v) is 7.25. The Kier molecular flexibility index (Phi) is 3.61. The fourth-order valence-electron chi connectivity index (χ4n) is 2.32. The average molecular weight is 246 g/mol. The molecule has 92 valence electrons. The first kappa shape index (κ1) is 12.0. The van der Waals surface area contributed by atoms with Crippen LogP contribution in [0.2, 0.25) is 0 Å². The standard InChI is InChI=1S/C10H18N2O3S/c13-9-10-3-7-12(8-4-10)16(14,15)11-5-1-2-6-11/h9-10H,1-8H2. The van der Waals surface area contributed by atoms with Gasteiger partial charge in [-0.2, -0.15) is 17.0 Å². The SMILES string of the molecule is O=CC1CCN(S(=O)(=O)N2CCCC2)CC1. The molecule has 16 heavy (non-hydrogen) atoms. The lowest BCUT2D eigenvalue weighted by Gasteiger charge is -2.31. The molecule has 0 aromatic rings. The van der Waals surface area contributed by atoms with E-state index in [0.29, 0.717) is 39.0 Å². The van der Waals surface area contributed by atoms with Crippen molar-refractivity contribution in [3.05, 3.63) is 0 Å². The number of aldehydes is 1. The number of hydrogen-bond donors (Lipinski definition) is 0. The summed E-state index contributed by atoms with van der Waals surface area (Å²) in [5.74, 6) is 0.0463. The third kappa shape index (κ3) is 2.28. The number of piperidine rings is 1. The molecule has 0 N–H and O–H groups in total. The fraction of sp³-hybridized carbons (Fsp3) is 0.900. The van der Waals surface area contributed by atoms with Crippen molar-refractivity contribution in [2.45, 2.75) is 25.7 Å². The minimum absolute atomic E-state index is 0.0463. The molecule has 0 spiro atoms. The number of nitrogens with zero attached hydrogens (tertiary/aromatic N) is 2. The van der Waals surface area contributed by atoms with Crippen molar-refractivity contribution >= 4 is 16.5 Å². The molecule has 5 nitrogen and oxygen atoms in total. The van der Waals surface area contributed by atoms with Gasteiger partial charge in [-0.15, -0.1) is 0 Å². The van der Waals surface area contributed by atoms with E-state index in [1.165, 1.54) is 4.31 Å². The van der Waals surface area contributed by atoms with Crippen molar-refractivity contribution in [2.75, 3.05) is 26.2 Å². The molecule has 0 saturated carbocycles. The fourth-order valence-corrected chi connectivity index (χ4v) is 4.04. The number of rotatable bonds is 3. The average Bonchev–Trinajstić information content (AvgIpc) is 2.83. The molecule has 0 unspecified atom stereocenters. The smallest absolute Gasteiger partial charge is 0.281 e. The summed E-state index contributed by atoms with van der Waals surface area (Å²) in [6, 6.07) is 0. The topological polar surface area (TPSA) is 57.7 Å². The third-order valence-electron chi connectivity index (χ3n) is 3.41. The Morgan fingerprint density at radius 3 is 1.94 bits per heavy atom. The summed E-state index contributed by atoms with van der Waals surface area (Å²) in [7, 11) is -3.24. The van der Waals surface area contributed by atoms with Crippen molar-refractivity contribution in [3.8, 4) is 0 Å². The molecule has 0 aromatic heterocycles. The highest BCUT2D eigenvalue weighted by atomic mass is 32.2. The zero-order valence-corrected chi connectivity index (χ0v) is 10.2. The molecular formula is C10H18N2O3S. The molecule has 0 radical (unpaired) electrons.